The van der Waals surface area contributed by atoms with E-state index in [-0.39, 0.29) is 5.38 Å². The van der Waals surface area contributed by atoms with Gasteiger partial charge < -0.3 is 0 Å². The van der Waals surface area contributed by atoms with Crippen molar-refractivity contribution in [1.82, 2.24) is 4.98 Å². The minimum atomic E-state index is 0.160. The molecule has 1 unspecified atom stereocenters. The highest BCUT2D eigenvalue weighted by Crippen LogP contribution is 2.35. The Labute approximate surface area is 100 Å². The van der Waals surface area contributed by atoms with Crippen LogP contribution in [0.25, 0.3) is 11.3 Å². The number of fused-ring (bicyclic) bond motifs is 1. The molecule has 1 heterocycles. The topological polar surface area (TPSA) is 12.9 Å². The van der Waals surface area contributed by atoms with E-state index in [9.17, 15) is 0 Å². The van der Waals surface area contributed by atoms with Crippen molar-refractivity contribution >= 4 is 11.6 Å². The summed E-state index contributed by atoms with van der Waals surface area (Å²) in [6.45, 7) is 0. The molecule has 3 rings (SSSR count). The van der Waals surface area contributed by atoms with E-state index in [1.165, 1.54) is 16.8 Å². The Morgan fingerprint density at radius 1 is 1.06 bits per heavy atom. The number of rotatable bonds is 1. The van der Waals surface area contributed by atoms with E-state index in [0.717, 1.165) is 18.5 Å². The molecule has 0 amide bonds. The standard InChI is InChI=1S/C14H12ClN/c15-12-7-9-14-11(12)6-8-13(16-14)10-4-2-1-3-5-10/h1-6,8,12H,7,9H2. The van der Waals surface area contributed by atoms with Crippen molar-refractivity contribution in [3.05, 3.63) is 53.7 Å². The molecule has 1 atom stereocenters. The van der Waals surface area contributed by atoms with Crippen LogP contribution in [0.15, 0.2) is 42.5 Å². The van der Waals surface area contributed by atoms with E-state index in [1.54, 1.807) is 0 Å². The molecule has 2 heteroatoms. The average molecular weight is 230 g/mol. The van der Waals surface area contributed by atoms with E-state index >= 15 is 0 Å². The van der Waals surface area contributed by atoms with Crippen LogP contribution in [0.3, 0.4) is 0 Å². The van der Waals surface area contributed by atoms with Gasteiger partial charge in [0.05, 0.1) is 11.1 Å². The monoisotopic (exact) mass is 229 g/mol. The van der Waals surface area contributed by atoms with Gasteiger partial charge in [0.2, 0.25) is 0 Å². The molecule has 0 saturated heterocycles. The van der Waals surface area contributed by atoms with Crippen LogP contribution in [0.1, 0.15) is 23.1 Å². The number of nitrogens with zero attached hydrogens (tertiary/aromatic N) is 1. The molecule has 0 aliphatic heterocycles. The molecule has 1 aromatic carbocycles. The van der Waals surface area contributed by atoms with Gasteiger partial charge in [0, 0.05) is 11.3 Å². The van der Waals surface area contributed by atoms with Crippen LogP contribution in [-0.2, 0) is 6.42 Å². The summed E-state index contributed by atoms with van der Waals surface area (Å²) in [5.41, 5.74) is 4.59. The molecule has 0 spiro atoms. The van der Waals surface area contributed by atoms with Gasteiger partial charge in [-0.05, 0) is 24.5 Å². The Hall–Kier alpha value is -1.34. The summed E-state index contributed by atoms with van der Waals surface area (Å²) < 4.78 is 0. The minimum absolute atomic E-state index is 0.160. The van der Waals surface area contributed by atoms with Crippen molar-refractivity contribution in [3.63, 3.8) is 0 Å². The molecule has 1 aliphatic carbocycles. The Morgan fingerprint density at radius 2 is 1.88 bits per heavy atom. The molecule has 2 aromatic rings. The molecule has 0 fully saturated rings. The Morgan fingerprint density at radius 3 is 2.69 bits per heavy atom. The summed E-state index contributed by atoms with van der Waals surface area (Å²) in [7, 11) is 0. The van der Waals surface area contributed by atoms with E-state index in [1.807, 2.05) is 18.2 Å². The van der Waals surface area contributed by atoms with E-state index in [2.05, 4.69) is 29.2 Å². The van der Waals surface area contributed by atoms with Crippen molar-refractivity contribution < 1.29 is 0 Å². The van der Waals surface area contributed by atoms with Crippen LogP contribution in [0.5, 0.6) is 0 Å². The molecule has 1 aromatic heterocycles. The molecule has 1 aliphatic rings. The number of hydrogen-bond acceptors (Lipinski definition) is 1. The van der Waals surface area contributed by atoms with Crippen molar-refractivity contribution in [2.75, 3.05) is 0 Å². The second-order valence-electron chi connectivity index (χ2n) is 4.10. The Kier molecular flexibility index (Phi) is 2.41. The highest BCUT2D eigenvalue weighted by Gasteiger charge is 2.21. The highest BCUT2D eigenvalue weighted by atomic mass is 35.5. The fourth-order valence-corrected chi connectivity index (χ4v) is 2.49. The highest BCUT2D eigenvalue weighted by molar-refractivity contribution is 6.21. The molecule has 1 nitrogen and oxygen atoms in total. The summed E-state index contributed by atoms with van der Waals surface area (Å²) in [5, 5.41) is 0.160. The number of alkyl halides is 1. The molecular formula is C14H12ClN. The Balaban J connectivity index is 2.06. The van der Waals surface area contributed by atoms with Crippen LogP contribution in [-0.4, -0.2) is 4.98 Å². The summed E-state index contributed by atoms with van der Waals surface area (Å²) in [6, 6.07) is 14.4. The number of aryl methyl sites for hydroxylation is 1. The van der Waals surface area contributed by atoms with Crippen molar-refractivity contribution in [2.24, 2.45) is 0 Å². The third-order valence-corrected chi connectivity index (χ3v) is 3.50. The Bertz CT molecular complexity index is 507. The van der Waals surface area contributed by atoms with Gasteiger partial charge in [-0.15, -0.1) is 11.6 Å². The number of aromatic nitrogens is 1. The van der Waals surface area contributed by atoms with Gasteiger partial charge >= 0.3 is 0 Å². The van der Waals surface area contributed by atoms with E-state index < -0.39 is 0 Å². The third-order valence-electron chi connectivity index (χ3n) is 3.05. The zero-order chi connectivity index (χ0) is 11.0. The van der Waals surface area contributed by atoms with Crippen LogP contribution in [0, 0.1) is 0 Å². The fourth-order valence-electron chi connectivity index (χ4n) is 2.19. The van der Waals surface area contributed by atoms with Gasteiger partial charge in [-0.25, -0.2) is 0 Å². The lowest BCUT2D eigenvalue weighted by Crippen LogP contribution is -1.91. The molecular weight excluding hydrogens is 218 g/mol. The van der Waals surface area contributed by atoms with Crippen LogP contribution < -0.4 is 0 Å². The van der Waals surface area contributed by atoms with Crippen LogP contribution >= 0.6 is 11.6 Å². The first-order chi connectivity index (χ1) is 7.84. The summed E-state index contributed by atoms with van der Waals surface area (Å²) in [4.78, 5) is 4.69. The molecule has 0 bridgehead atoms. The predicted molar refractivity (Wildman–Crippen MR) is 66.6 cm³/mol. The second-order valence-corrected chi connectivity index (χ2v) is 4.63. The lowest BCUT2D eigenvalue weighted by atomic mass is 10.1. The maximum Gasteiger partial charge on any atom is 0.0705 e. The van der Waals surface area contributed by atoms with Gasteiger partial charge in [-0.2, -0.15) is 0 Å². The number of halogens is 1. The average Bonchev–Trinajstić information content (AvgIpc) is 2.72. The largest absolute Gasteiger partial charge is 0.253 e. The third kappa shape index (κ3) is 1.61. The zero-order valence-corrected chi connectivity index (χ0v) is 9.61. The quantitative estimate of drug-likeness (QED) is 0.675. The molecule has 0 radical (unpaired) electrons. The van der Waals surface area contributed by atoms with Crippen molar-refractivity contribution in [3.8, 4) is 11.3 Å². The lowest BCUT2D eigenvalue weighted by molar-refractivity contribution is 0.873. The maximum absolute atomic E-state index is 6.20. The first kappa shape index (κ1) is 9.86. The van der Waals surface area contributed by atoms with Crippen LogP contribution in [0.4, 0.5) is 0 Å². The zero-order valence-electron chi connectivity index (χ0n) is 8.86. The van der Waals surface area contributed by atoms with Gasteiger partial charge in [0.25, 0.3) is 0 Å². The van der Waals surface area contributed by atoms with Gasteiger partial charge in [-0.1, -0.05) is 36.4 Å². The minimum Gasteiger partial charge on any atom is -0.253 e. The molecule has 80 valence electrons. The summed E-state index contributed by atoms with van der Waals surface area (Å²) in [6.07, 6.45) is 2.02. The van der Waals surface area contributed by atoms with Crippen molar-refractivity contribution in [2.45, 2.75) is 18.2 Å². The molecule has 16 heavy (non-hydrogen) atoms. The normalized spacial score (nSPS) is 18.4. The van der Waals surface area contributed by atoms with E-state index in [0.29, 0.717) is 0 Å². The van der Waals surface area contributed by atoms with Gasteiger partial charge in [-0.3, -0.25) is 4.98 Å². The summed E-state index contributed by atoms with van der Waals surface area (Å²) in [5.74, 6) is 0. The molecule has 0 saturated carbocycles. The van der Waals surface area contributed by atoms with Gasteiger partial charge in [0.1, 0.15) is 0 Å². The predicted octanol–water partition coefficient (Wildman–Crippen LogP) is 3.97. The second kappa shape index (κ2) is 3.91. The maximum atomic E-state index is 6.20. The van der Waals surface area contributed by atoms with Crippen LogP contribution in [0.2, 0.25) is 0 Å². The smallest absolute Gasteiger partial charge is 0.0705 e. The fraction of sp³-hybridized carbons (Fsp3) is 0.214. The first-order valence-electron chi connectivity index (χ1n) is 5.54. The number of hydrogen-bond donors (Lipinski definition) is 0. The SMILES string of the molecule is ClC1CCc2nc(-c3ccccc3)ccc21. The van der Waals surface area contributed by atoms with Gasteiger partial charge in [0.15, 0.2) is 0 Å². The summed E-state index contributed by atoms with van der Waals surface area (Å²) >= 11 is 6.20. The lowest BCUT2D eigenvalue weighted by Gasteiger charge is -2.05. The molecule has 0 N–H and O–H groups in total. The number of pyridine rings is 1. The van der Waals surface area contributed by atoms with Crippen molar-refractivity contribution in [1.29, 1.82) is 0 Å². The van der Waals surface area contributed by atoms with E-state index in [4.69, 9.17) is 11.6 Å². The number of benzene rings is 1. The first-order valence-corrected chi connectivity index (χ1v) is 5.97.